The molecule has 27 heavy (non-hydrogen) atoms. The summed E-state index contributed by atoms with van der Waals surface area (Å²) in [5.74, 6) is -0.543. The molecule has 0 aliphatic heterocycles. The number of carbonyl (C=O) groups excluding carboxylic acids is 2. The zero-order chi connectivity index (χ0) is 19.9. The van der Waals surface area contributed by atoms with E-state index in [1.165, 1.54) is 23.8 Å². The van der Waals surface area contributed by atoms with Crippen molar-refractivity contribution in [1.82, 2.24) is 5.32 Å². The van der Waals surface area contributed by atoms with Gasteiger partial charge >= 0.3 is 6.09 Å². The Balaban J connectivity index is 1.90. The molecule has 0 unspecified atom stereocenters. The van der Waals surface area contributed by atoms with Gasteiger partial charge in [0.25, 0.3) is 5.91 Å². The molecule has 0 atom stereocenters. The van der Waals surface area contributed by atoms with Gasteiger partial charge in [0.2, 0.25) is 0 Å². The summed E-state index contributed by atoms with van der Waals surface area (Å²) in [7, 11) is 0. The van der Waals surface area contributed by atoms with Crippen molar-refractivity contribution in [3.8, 4) is 5.75 Å². The van der Waals surface area contributed by atoms with Gasteiger partial charge in [-0.15, -0.1) is 0 Å². The fourth-order valence-electron chi connectivity index (χ4n) is 2.45. The lowest BCUT2D eigenvalue weighted by Crippen LogP contribution is -2.27. The number of hydrogen-bond acceptors (Lipinski definition) is 4. The third-order valence-electron chi connectivity index (χ3n) is 3.66. The van der Waals surface area contributed by atoms with Crippen molar-refractivity contribution in [3.05, 3.63) is 59.7 Å². The van der Waals surface area contributed by atoms with Crippen molar-refractivity contribution >= 4 is 17.7 Å². The number of hydrogen-bond donors (Lipinski definition) is 3. The second-order valence-electron chi connectivity index (χ2n) is 7.20. The van der Waals surface area contributed by atoms with Gasteiger partial charge in [0.15, 0.2) is 0 Å². The van der Waals surface area contributed by atoms with Crippen LogP contribution in [0.5, 0.6) is 5.75 Å². The summed E-state index contributed by atoms with van der Waals surface area (Å²) in [6, 6.07) is 14.3. The first-order valence-electron chi connectivity index (χ1n) is 8.90. The van der Waals surface area contributed by atoms with Crippen LogP contribution in [-0.2, 0) is 11.2 Å². The summed E-state index contributed by atoms with van der Waals surface area (Å²) in [5, 5.41) is 15.3. The highest BCUT2D eigenvalue weighted by Crippen LogP contribution is 2.22. The Kier molecular flexibility index (Phi) is 6.82. The Morgan fingerprint density at radius 1 is 1.07 bits per heavy atom. The van der Waals surface area contributed by atoms with E-state index in [9.17, 15) is 14.7 Å². The van der Waals surface area contributed by atoms with Gasteiger partial charge in [-0.25, -0.2) is 4.79 Å². The first kappa shape index (κ1) is 20.3. The lowest BCUT2D eigenvalue weighted by atomic mass is 10.1. The summed E-state index contributed by atoms with van der Waals surface area (Å²) in [5.41, 5.74) is 1.05. The molecule has 0 spiro atoms. The van der Waals surface area contributed by atoms with Crippen molar-refractivity contribution in [2.45, 2.75) is 39.2 Å². The molecular formula is C21H26N2O4. The predicted molar refractivity (Wildman–Crippen MR) is 105 cm³/mol. The van der Waals surface area contributed by atoms with Gasteiger partial charge in [0, 0.05) is 12.2 Å². The third-order valence-corrected chi connectivity index (χ3v) is 3.66. The summed E-state index contributed by atoms with van der Waals surface area (Å²) in [4.78, 5) is 24.2. The smallest absolute Gasteiger partial charge is 0.412 e. The lowest BCUT2D eigenvalue weighted by molar-refractivity contribution is 0.0635. The van der Waals surface area contributed by atoms with Crippen molar-refractivity contribution < 1.29 is 19.4 Å². The summed E-state index contributed by atoms with van der Waals surface area (Å²) >= 11 is 0. The van der Waals surface area contributed by atoms with Crippen LogP contribution in [0.2, 0.25) is 0 Å². The number of amides is 2. The van der Waals surface area contributed by atoms with Gasteiger partial charge in [-0.2, -0.15) is 0 Å². The third kappa shape index (κ3) is 7.01. The maximum absolute atomic E-state index is 12.3. The average Bonchev–Trinajstić information content (AvgIpc) is 2.59. The number of phenols is 1. The molecule has 0 saturated carbocycles. The first-order chi connectivity index (χ1) is 12.7. The number of aromatic hydroxyl groups is 1. The van der Waals surface area contributed by atoms with E-state index < -0.39 is 17.6 Å². The van der Waals surface area contributed by atoms with Crippen molar-refractivity contribution in [1.29, 1.82) is 0 Å². The fourth-order valence-corrected chi connectivity index (χ4v) is 2.45. The Bertz CT molecular complexity index is 783. The SMILES string of the molecule is CC(C)(C)OC(=O)Nc1ccc(O)c(C(=O)NCCCc2ccccc2)c1. The molecule has 3 N–H and O–H groups in total. The van der Waals surface area contributed by atoms with Crippen molar-refractivity contribution in [3.63, 3.8) is 0 Å². The standard InChI is InChI=1S/C21H26N2O4/c1-21(2,3)27-20(26)23-16-11-12-18(24)17(14-16)19(25)22-13-7-10-15-8-5-4-6-9-15/h4-6,8-9,11-12,14,24H,7,10,13H2,1-3H3,(H,22,25)(H,23,26). The monoisotopic (exact) mass is 370 g/mol. The molecule has 0 fully saturated rings. The van der Waals surface area contributed by atoms with E-state index in [1.54, 1.807) is 20.8 Å². The maximum Gasteiger partial charge on any atom is 0.412 e. The quantitative estimate of drug-likeness (QED) is 0.528. The van der Waals surface area contributed by atoms with Crippen LogP contribution in [-0.4, -0.2) is 29.3 Å². The van der Waals surface area contributed by atoms with E-state index in [0.29, 0.717) is 12.2 Å². The minimum Gasteiger partial charge on any atom is -0.507 e. The molecule has 2 amide bonds. The van der Waals surface area contributed by atoms with Crippen LogP contribution in [0.3, 0.4) is 0 Å². The minimum atomic E-state index is -0.625. The molecule has 0 aliphatic carbocycles. The molecular weight excluding hydrogens is 344 g/mol. The van der Waals surface area contributed by atoms with Crippen LogP contribution in [0.25, 0.3) is 0 Å². The minimum absolute atomic E-state index is 0.100. The average molecular weight is 370 g/mol. The van der Waals surface area contributed by atoms with Gasteiger partial charge in [0.05, 0.1) is 5.56 Å². The molecule has 144 valence electrons. The zero-order valence-electron chi connectivity index (χ0n) is 15.9. The number of carbonyl (C=O) groups is 2. The van der Waals surface area contributed by atoms with Crippen molar-refractivity contribution in [2.24, 2.45) is 0 Å². The van der Waals surface area contributed by atoms with Gasteiger partial charge < -0.3 is 15.2 Å². The number of benzene rings is 2. The number of aryl methyl sites for hydroxylation is 1. The van der Waals surface area contributed by atoms with Crippen molar-refractivity contribution in [2.75, 3.05) is 11.9 Å². The Hall–Kier alpha value is -3.02. The molecule has 2 aromatic rings. The van der Waals surface area contributed by atoms with Crippen LogP contribution in [0.15, 0.2) is 48.5 Å². The van der Waals surface area contributed by atoms with Gasteiger partial charge in [0.1, 0.15) is 11.4 Å². The first-order valence-corrected chi connectivity index (χ1v) is 8.90. The second kappa shape index (κ2) is 9.07. The topological polar surface area (TPSA) is 87.7 Å². The summed E-state index contributed by atoms with van der Waals surface area (Å²) < 4.78 is 5.18. The number of nitrogens with one attached hydrogen (secondary N) is 2. The summed E-state index contributed by atoms with van der Waals surface area (Å²) in [6.07, 6.45) is 1.02. The van der Waals surface area contributed by atoms with E-state index in [1.807, 2.05) is 30.3 Å². The maximum atomic E-state index is 12.3. The second-order valence-corrected chi connectivity index (χ2v) is 7.20. The highest BCUT2D eigenvalue weighted by Gasteiger charge is 2.17. The molecule has 6 heteroatoms. The van der Waals surface area contributed by atoms with E-state index in [4.69, 9.17) is 4.74 Å². The lowest BCUT2D eigenvalue weighted by Gasteiger charge is -2.19. The molecule has 0 bridgehead atoms. The van der Waals surface area contributed by atoms with E-state index >= 15 is 0 Å². The van der Waals surface area contributed by atoms with E-state index in [-0.39, 0.29) is 11.3 Å². The molecule has 6 nitrogen and oxygen atoms in total. The highest BCUT2D eigenvalue weighted by molar-refractivity contribution is 5.98. The van der Waals surface area contributed by atoms with Gasteiger partial charge in [-0.3, -0.25) is 10.1 Å². The zero-order valence-corrected chi connectivity index (χ0v) is 15.9. The highest BCUT2D eigenvalue weighted by atomic mass is 16.6. The fraction of sp³-hybridized carbons (Fsp3) is 0.333. The van der Waals surface area contributed by atoms with Crippen LogP contribution < -0.4 is 10.6 Å². The van der Waals surface area contributed by atoms with Crippen LogP contribution in [0, 0.1) is 0 Å². The van der Waals surface area contributed by atoms with Gasteiger partial charge in [-0.1, -0.05) is 30.3 Å². The predicted octanol–water partition coefficient (Wildman–Crippen LogP) is 4.10. The molecule has 0 radical (unpaired) electrons. The van der Waals surface area contributed by atoms with Crippen LogP contribution in [0.4, 0.5) is 10.5 Å². The van der Waals surface area contributed by atoms with E-state index in [0.717, 1.165) is 12.8 Å². The van der Waals surface area contributed by atoms with Crippen LogP contribution in [0.1, 0.15) is 43.1 Å². The normalized spacial score (nSPS) is 10.9. The molecule has 0 heterocycles. The number of ether oxygens (including phenoxy) is 1. The Morgan fingerprint density at radius 2 is 1.78 bits per heavy atom. The molecule has 0 aromatic heterocycles. The number of phenolic OH excluding ortho intramolecular Hbond substituents is 1. The molecule has 2 rings (SSSR count). The Labute approximate surface area is 159 Å². The summed E-state index contributed by atoms with van der Waals surface area (Å²) in [6.45, 7) is 5.77. The molecule has 0 aliphatic rings. The van der Waals surface area contributed by atoms with E-state index in [2.05, 4.69) is 10.6 Å². The number of rotatable bonds is 6. The largest absolute Gasteiger partial charge is 0.507 e. The van der Waals surface area contributed by atoms with Gasteiger partial charge in [-0.05, 0) is 57.4 Å². The van der Waals surface area contributed by atoms with Crippen LogP contribution >= 0.6 is 0 Å². The molecule has 0 saturated heterocycles. The Morgan fingerprint density at radius 3 is 2.44 bits per heavy atom. The molecule has 2 aromatic carbocycles. The number of anilines is 1.